The fourth-order valence-corrected chi connectivity index (χ4v) is 3.25. The molecule has 1 aliphatic heterocycles. The van der Waals surface area contributed by atoms with Crippen LogP contribution in [0.1, 0.15) is 30.9 Å². The van der Waals surface area contributed by atoms with Crippen molar-refractivity contribution in [3.63, 3.8) is 0 Å². The van der Waals surface area contributed by atoms with Crippen molar-refractivity contribution in [2.75, 3.05) is 32.2 Å². The Labute approximate surface area is 177 Å². The number of carbonyl (C=O) groups excluding carboxylic acids is 2. The first kappa shape index (κ1) is 21.6. The summed E-state index contributed by atoms with van der Waals surface area (Å²) in [5, 5.41) is 3.17. The highest BCUT2D eigenvalue weighted by molar-refractivity contribution is 6.36. The zero-order valence-corrected chi connectivity index (χ0v) is 17.7. The van der Waals surface area contributed by atoms with Crippen LogP contribution >= 0.6 is 0 Å². The summed E-state index contributed by atoms with van der Waals surface area (Å²) in [6.45, 7) is 5.47. The second kappa shape index (κ2) is 10.1. The molecule has 0 unspecified atom stereocenters. The summed E-state index contributed by atoms with van der Waals surface area (Å²) >= 11 is 0. The van der Waals surface area contributed by atoms with Crippen molar-refractivity contribution in [2.45, 2.75) is 26.7 Å². The van der Waals surface area contributed by atoms with E-state index in [1.165, 1.54) is 4.90 Å². The number of imide groups is 1. The van der Waals surface area contributed by atoms with Gasteiger partial charge in [0.05, 0.1) is 12.2 Å². The van der Waals surface area contributed by atoms with Crippen LogP contribution in [-0.2, 0) is 14.3 Å². The molecule has 3 rings (SSSR count). The van der Waals surface area contributed by atoms with E-state index in [-0.39, 0.29) is 11.8 Å². The molecule has 0 saturated heterocycles. The monoisotopic (exact) mass is 408 g/mol. The highest BCUT2D eigenvalue weighted by Gasteiger charge is 2.38. The van der Waals surface area contributed by atoms with Crippen LogP contribution in [0.4, 0.5) is 5.69 Å². The topological polar surface area (TPSA) is 67.9 Å². The smallest absolute Gasteiger partial charge is 0.278 e. The van der Waals surface area contributed by atoms with Crippen molar-refractivity contribution in [1.82, 2.24) is 4.90 Å². The van der Waals surface area contributed by atoms with Gasteiger partial charge in [-0.2, -0.15) is 0 Å². The van der Waals surface area contributed by atoms with E-state index in [9.17, 15) is 9.59 Å². The lowest BCUT2D eigenvalue weighted by Crippen LogP contribution is -2.33. The number of amides is 2. The standard InChI is InChI=1S/C24H28N2O4/c1-4-15-30-20-12-8-18(9-13-20)21-22(25-19-10-6-17(2)7-11-19)24(28)26(23(21)27)14-5-16-29-3/h6-13,25H,4-5,14-16H2,1-3H3. The van der Waals surface area contributed by atoms with E-state index in [0.717, 1.165) is 23.4 Å². The quantitative estimate of drug-likeness (QED) is 0.475. The summed E-state index contributed by atoms with van der Waals surface area (Å²) < 4.78 is 10.7. The lowest BCUT2D eigenvalue weighted by molar-refractivity contribution is -0.136. The molecule has 0 aromatic heterocycles. The Balaban J connectivity index is 1.93. The molecule has 0 aliphatic carbocycles. The van der Waals surface area contributed by atoms with Gasteiger partial charge in [0, 0.05) is 25.9 Å². The molecule has 1 N–H and O–H groups in total. The minimum absolute atomic E-state index is 0.295. The van der Waals surface area contributed by atoms with Crippen LogP contribution in [0.15, 0.2) is 54.2 Å². The summed E-state index contributed by atoms with van der Waals surface area (Å²) in [6.07, 6.45) is 1.50. The van der Waals surface area contributed by atoms with E-state index < -0.39 is 0 Å². The van der Waals surface area contributed by atoms with Gasteiger partial charge in [-0.05, 0) is 49.6 Å². The van der Waals surface area contributed by atoms with Crippen LogP contribution in [-0.4, -0.2) is 43.6 Å². The van der Waals surface area contributed by atoms with Crippen LogP contribution in [0.2, 0.25) is 0 Å². The highest BCUT2D eigenvalue weighted by Crippen LogP contribution is 2.31. The van der Waals surface area contributed by atoms with Gasteiger partial charge in [0.1, 0.15) is 11.4 Å². The number of anilines is 1. The molecule has 0 saturated carbocycles. The van der Waals surface area contributed by atoms with Crippen LogP contribution in [0.3, 0.4) is 0 Å². The molecule has 2 aromatic rings. The summed E-state index contributed by atoms with van der Waals surface area (Å²) in [6, 6.07) is 15.0. The normalized spacial score (nSPS) is 13.9. The number of benzene rings is 2. The maximum absolute atomic E-state index is 13.2. The Bertz CT molecular complexity index is 917. The summed E-state index contributed by atoms with van der Waals surface area (Å²) in [5.74, 6) is 0.119. The number of aryl methyl sites for hydroxylation is 1. The largest absolute Gasteiger partial charge is 0.494 e. The van der Waals surface area contributed by atoms with Crippen LogP contribution in [0.5, 0.6) is 5.75 Å². The fraction of sp³-hybridized carbons (Fsp3) is 0.333. The second-order valence-electron chi connectivity index (χ2n) is 7.22. The van der Waals surface area contributed by atoms with Gasteiger partial charge in [-0.25, -0.2) is 0 Å². The van der Waals surface area contributed by atoms with Gasteiger partial charge in [-0.1, -0.05) is 36.8 Å². The molecular weight excluding hydrogens is 380 g/mol. The van der Waals surface area contributed by atoms with Crippen LogP contribution < -0.4 is 10.1 Å². The van der Waals surface area contributed by atoms with Gasteiger partial charge in [0.25, 0.3) is 11.8 Å². The molecule has 6 heteroatoms. The number of methoxy groups -OCH3 is 1. The molecule has 158 valence electrons. The number of nitrogens with zero attached hydrogens (tertiary/aromatic N) is 1. The van der Waals surface area contributed by atoms with Crippen LogP contribution in [0, 0.1) is 6.92 Å². The molecule has 0 bridgehead atoms. The van der Waals surface area contributed by atoms with E-state index in [1.54, 1.807) is 7.11 Å². The van der Waals surface area contributed by atoms with E-state index in [2.05, 4.69) is 5.32 Å². The highest BCUT2D eigenvalue weighted by atomic mass is 16.5. The lowest BCUT2D eigenvalue weighted by Gasteiger charge is -2.15. The minimum atomic E-state index is -0.321. The van der Waals surface area contributed by atoms with Crippen molar-refractivity contribution in [2.24, 2.45) is 0 Å². The molecule has 30 heavy (non-hydrogen) atoms. The van der Waals surface area contributed by atoms with Crippen molar-refractivity contribution in [1.29, 1.82) is 0 Å². The maximum atomic E-state index is 13.2. The Morgan fingerprint density at radius 2 is 1.63 bits per heavy atom. The molecular formula is C24H28N2O4. The van der Waals surface area contributed by atoms with Crippen LogP contribution in [0.25, 0.3) is 5.57 Å². The van der Waals surface area contributed by atoms with Crippen molar-refractivity contribution in [3.05, 3.63) is 65.4 Å². The zero-order valence-electron chi connectivity index (χ0n) is 17.7. The molecule has 0 fully saturated rings. The lowest BCUT2D eigenvalue weighted by atomic mass is 10.0. The molecule has 1 aliphatic rings. The van der Waals surface area contributed by atoms with Gasteiger partial charge in [0.15, 0.2) is 0 Å². The average Bonchev–Trinajstić information content (AvgIpc) is 2.98. The van der Waals surface area contributed by atoms with E-state index >= 15 is 0 Å². The predicted molar refractivity (Wildman–Crippen MR) is 117 cm³/mol. The number of hydrogen-bond donors (Lipinski definition) is 1. The third kappa shape index (κ3) is 4.89. The Morgan fingerprint density at radius 3 is 2.27 bits per heavy atom. The Kier molecular flexibility index (Phi) is 7.25. The predicted octanol–water partition coefficient (Wildman–Crippen LogP) is 4.01. The molecule has 2 aromatic carbocycles. The minimum Gasteiger partial charge on any atom is -0.494 e. The first-order valence-electron chi connectivity index (χ1n) is 10.2. The van der Waals surface area contributed by atoms with E-state index in [4.69, 9.17) is 9.47 Å². The Morgan fingerprint density at radius 1 is 0.933 bits per heavy atom. The Hall–Kier alpha value is -3.12. The van der Waals surface area contributed by atoms with Crippen molar-refractivity contribution in [3.8, 4) is 5.75 Å². The van der Waals surface area contributed by atoms with E-state index in [1.807, 2.05) is 62.4 Å². The second-order valence-corrected chi connectivity index (χ2v) is 7.22. The number of ether oxygens (including phenoxy) is 2. The summed E-state index contributed by atoms with van der Waals surface area (Å²) in [5.41, 5.74) is 3.23. The first-order chi connectivity index (χ1) is 14.5. The van der Waals surface area contributed by atoms with Gasteiger partial charge >= 0.3 is 0 Å². The van der Waals surface area contributed by atoms with Gasteiger partial charge in [0.2, 0.25) is 0 Å². The number of hydrogen-bond acceptors (Lipinski definition) is 5. The first-order valence-corrected chi connectivity index (χ1v) is 10.2. The average molecular weight is 408 g/mol. The fourth-order valence-electron chi connectivity index (χ4n) is 3.25. The van der Waals surface area contributed by atoms with E-state index in [0.29, 0.717) is 43.0 Å². The number of carbonyl (C=O) groups is 2. The molecule has 0 radical (unpaired) electrons. The molecule has 2 amide bonds. The molecule has 0 atom stereocenters. The maximum Gasteiger partial charge on any atom is 0.278 e. The third-order valence-electron chi connectivity index (χ3n) is 4.83. The SMILES string of the molecule is CCCOc1ccc(C2=C(Nc3ccc(C)cc3)C(=O)N(CCCOC)C2=O)cc1. The number of rotatable bonds is 10. The van der Waals surface area contributed by atoms with Crippen molar-refractivity contribution >= 4 is 23.1 Å². The summed E-state index contributed by atoms with van der Waals surface area (Å²) in [7, 11) is 1.60. The van der Waals surface area contributed by atoms with Crippen molar-refractivity contribution < 1.29 is 19.1 Å². The molecule has 1 heterocycles. The number of nitrogens with one attached hydrogen (secondary N) is 1. The van der Waals surface area contributed by atoms with Gasteiger partial charge < -0.3 is 14.8 Å². The summed E-state index contributed by atoms with van der Waals surface area (Å²) in [4.78, 5) is 27.5. The third-order valence-corrected chi connectivity index (χ3v) is 4.83. The van der Waals surface area contributed by atoms with Gasteiger partial charge in [-0.3, -0.25) is 14.5 Å². The molecule has 6 nitrogen and oxygen atoms in total. The molecule has 0 spiro atoms. The zero-order chi connectivity index (χ0) is 21.5. The van der Waals surface area contributed by atoms with Gasteiger partial charge in [-0.15, -0.1) is 0 Å².